The van der Waals surface area contributed by atoms with Gasteiger partial charge in [-0.15, -0.1) is 0 Å². The molecule has 1 aromatic rings. The Hall–Kier alpha value is -0.700. The van der Waals surface area contributed by atoms with Crippen LogP contribution in [0.1, 0.15) is 19.4 Å². The van der Waals surface area contributed by atoms with Gasteiger partial charge in [0.15, 0.2) is 0 Å². The number of ether oxygens (including phenoxy) is 1. The third-order valence-electron chi connectivity index (χ3n) is 2.44. The first-order valence-electron chi connectivity index (χ1n) is 4.72. The van der Waals surface area contributed by atoms with Crippen LogP contribution in [0, 0.1) is 6.92 Å². The molecule has 0 spiro atoms. The molecule has 0 atom stereocenters. The fourth-order valence-corrected chi connectivity index (χ4v) is 1.93. The van der Waals surface area contributed by atoms with Gasteiger partial charge in [-0.3, -0.25) is 0 Å². The molecule has 1 aromatic carbocycles. The summed E-state index contributed by atoms with van der Waals surface area (Å²) in [5, 5.41) is 3.41. The summed E-state index contributed by atoms with van der Waals surface area (Å²) in [5.74, 6) is 0.946. The van der Waals surface area contributed by atoms with Gasteiger partial charge in [0, 0.05) is 4.47 Å². The lowest BCUT2D eigenvalue weighted by Gasteiger charge is -2.34. The van der Waals surface area contributed by atoms with E-state index in [9.17, 15) is 0 Å². The SMILES string of the molecule is Cc1c(Br)ccc2c1NCC(C)(C)O2. The summed E-state index contributed by atoms with van der Waals surface area (Å²) in [7, 11) is 0. The summed E-state index contributed by atoms with van der Waals surface area (Å²) >= 11 is 3.51. The van der Waals surface area contributed by atoms with Crippen LogP contribution in [0.2, 0.25) is 0 Å². The van der Waals surface area contributed by atoms with Crippen molar-refractivity contribution in [1.29, 1.82) is 0 Å². The van der Waals surface area contributed by atoms with Gasteiger partial charge in [-0.05, 0) is 38.5 Å². The second kappa shape index (κ2) is 3.16. The number of benzene rings is 1. The molecule has 1 heterocycles. The van der Waals surface area contributed by atoms with Gasteiger partial charge >= 0.3 is 0 Å². The smallest absolute Gasteiger partial charge is 0.143 e. The highest BCUT2D eigenvalue weighted by atomic mass is 79.9. The van der Waals surface area contributed by atoms with Crippen LogP contribution in [-0.4, -0.2) is 12.1 Å². The van der Waals surface area contributed by atoms with Crippen molar-refractivity contribution in [2.45, 2.75) is 26.4 Å². The zero-order valence-corrected chi connectivity index (χ0v) is 10.2. The van der Waals surface area contributed by atoms with Crippen molar-refractivity contribution in [3.8, 4) is 5.75 Å². The minimum absolute atomic E-state index is 0.118. The standard InChI is InChI=1S/C11H14BrNO/c1-7-8(12)4-5-9-10(7)13-6-11(2,3)14-9/h4-5,13H,6H2,1-3H3. The second-order valence-corrected chi connectivity index (χ2v) is 5.12. The molecule has 0 amide bonds. The zero-order valence-electron chi connectivity index (χ0n) is 8.65. The van der Waals surface area contributed by atoms with Crippen molar-refractivity contribution in [3.63, 3.8) is 0 Å². The van der Waals surface area contributed by atoms with Crippen LogP contribution in [0.3, 0.4) is 0 Å². The van der Waals surface area contributed by atoms with Gasteiger partial charge in [-0.25, -0.2) is 0 Å². The van der Waals surface area contributed by atoms with E-state index in [-0.39, 0.29) is 5.60 Å². The van der Waals surface area contributed by atoms with E-state index in [2.05, 4.69) is 42.0 Å². The van der Waals surface area contributed by atoms with Crippen LogP contribution in [0.4, 0.5) is 5.69 Å². The number of halogens is 1. The summed E-state index contributed by atoms with van der Waals surface area (Å²) in [6.45, 7) is 7.09. The largest absolute Gasteiger partial charge is 0.484 e. The van der Waals surface area contributed by atoms with Crippen molar-refractivity contribution in [2.75, 3.05) is 11.9 Å². The fraction of sp³-hybridized carbons (Fsp3) is 0.455. The summed E-state index contributed by atoms with van der Waals surface area (Å²) < 4.78 is 6.99. The van der Waals surface area contributed by atoms with E-state index in [1.807, 2.05) is 12.1 Å². The number of hydrogen-bond donors (Lipinski definition) is 1. The average molecular weight is 256 g/mol. The van der Waals surface area contributed by atoms with Crippen molar-refractivity contribution in [2.24, 2.45) is 0 Å². The Kier molecular flexibility index (Phi) is 2.22. The van der Waals surface area contributed by atoms with E-state index in [0.29, 0.717) is 0 Å². The molecule has 0 aromatic heterocycles. The van der Waals surface area contributed by atoms with Gasteiger partial charge in [0.05, 0.1) is 12.2 Å². The Morgan fingerprint density at radius 2 is 2.14 bits per heavy atom. The number of nitrogens with one attached hydrogen (secondary N) is 1. The van der Waals surface area contributed by atoms with Crippen LogP contribution < -0.4 is 10.1 Å². The van der Waals surface area contributed by atoms with E-state index >= 15 is 0 Å². The summed E-state index contributed by atoms with van der Waals surface area (Å²) in [6.07, 6.45) is 0. The van der Waals surface area contributed by atoms with E-state index < -0.39 is 0 Å². The first-order valence-corrected chi connectivity index (χ1v) is 5.51. The van der Waals surface area contributed by atoms with E-state index in [0.717, 1.165) is 22.5 Å². The second-order valence-electron chi connectivity index (χ2n) is 4.26. The maximum absolute atomic E-state index is 5.87. The number of hydrogen-bond acceptors (Lipinski definition) is 2. The lowest BCUT2D eigenvalue weighted by molar-refractivity contribution is 0.116. The number of fused-ring (bicyclic) bond motifs is 1. The van der Waals surface area contributed by atoms with Gasteiger partial charge in [-0.2, -0.15) is 0 Å². The third-order valence-corrected chi connectivity index (χ3v) is 3.30. The molecule has 0 saturated carbocycles. The van der Waals surface area contributed by atoms with E-state index in [1.54, 1.807) is 0 Å². The van der Waals surface area contributed by atoms with Crippen molar-refractivity contribution < 1.29 is 4.74 Å². The van der Waals surface area contributed by atoms with E-state index in [1.165, 1.54) is 5.56 Å². The third kappa shape index (κ3) is 1.61. The lowest BCUT2D eigenvalue weighted by Crippen LogP contribution is -2.40. The van der Waals surface area contributed by atoms with Gasteiger partial charge in [0.1, 0.15) is 11.4 Å². The van der Waals surface area contributed by atoms with Crippen molar-refractivity contribution >= 4 is 21.6 Å². The highest BCUT2D eigenvalue weighted by Gasteiger charge is 2.27. The van der Waals surface area contributed by atoms with Gasteiger partial charge in [-0.1, -0.05) is 15.9 Å². The highest BCUT2D eigenvalue weighted by molar-refractivity contribution is 9.10. The summed E-state index contributed by atoms with van der Waals surface area (Å²) in [5.41, 5.74) is 2.20. The normalized spacial score (nSPS) is 18.0. The Bertz CT molecular complexity index is 374. The number of rotatable bonds is 0. The summed E-state index contributed by atoms with van der Waals surface area (Å²) in [6, 6.07) is 4.03. The molecule has 1 aliphatic heterocycles. The molecule has 3 heteroatoms. The molecule has 14 heavy (non-hydrogen) atoms. The molecule has 1 aliphatic rings. The molecule has 2 nitrogen and oxygen atoms in total. The molecule has 0 aliphatic carbocycles. The lowest BCUT2D eigenvalue weighted by atomic mass is 10.1. The van der Waals surface area contributed by atoms with Crippen molar-refractivity contribution in [1.82, 2.24) is 0 Å². The first-order chi connectivity index (χ1) is 6.49. The molecule has 0 bridgehead atoms. The maximum atomic E-state index is 5.87. The van der Waals surface area contributed by atoms with Crippen LogP contribution in [0.25, 0.3) is 0 Å². The molecular formula is C11H14BrNO. The molecule has 2 rings (SSSR count). The van der Waals surface area contributed by atoms with Gasteiger partial charge < -0.3 is 10.1 Å². The molecule has 1 N–H and O–H groups in total. The van der Waals surface area contributed by atoms with Crippen LogP contribution in [-0.2, 0) is 0 Å². The monoisotopic (exact) mass is 255 g/mol. The van der Waals surface area contributed by atoms with Crippen LogP contribution in [0.5, 0.6) is 5.75 Å². The Balaban J connectivity index is 2.46. The Labute approximate surface area is 92.8 Å². The van der Waals surface area contributed by atoms with Crippen molar-refractivity contribution in [3.05, 3.63) is 22.2 Å². The Morgan fingerprint density at radius 3 is 2.86 bits per heavy atom. The fourth-order valence-electron chi connectivity index (χ4n) is 1.60. The molecule has 0 unspecified atom stereocenters. The first kappa shape index (κ1) is 9.84. The minimum Gasteiger partial charge on any atom is -0.484 e. The Morgan fingerprint density at radius 1 is 1.43 bits per heavy atom. The topological polar surface area (TPSA) is 21.3 Å². The molecular weight excluding hydrogens is 242 g/mol. The quantitative estimate of drug-likeness (QED) is 0.768. The van der Waals surface area contributed by atoms with Crippen LogP contribution >= 0.6 is 15.9 Å². The molecule has 76 valence electrons. The molecule has 0 radical (unpaired) electrons. The van der Waals surface area contributed by atoms with Crippen LogP contribution in [0.15, 0.2) is 16.6 Å². The van der Waals surface area contributed by atoms with E-state index in [4.69, 9.17) is 4.74 Å². The molecule has 0 fully saturated rings. The molecule has 0 saturated heterocycles. The highest BCUT2D eigenvalue weighted by Crippen LogP contribution is 2.38. The maximum Gasteiger partial charge on any atom is 0.143 e. The minimum atomic E-state index is -0.118. The number of anilines is 1. The van der Waals surface area contributed by atoms with Gasteiger partial charge in [0.2, 0.25) is 0 Å². The predicted molar refractivity (Wildman–Crippen MR) is 62.1 cm³/mol. The summed E-state index contributed by atoms with van der Waals surface area (Å²) in [4.78, 5) is 0. The predicted octanol–water partition coefficient (Wildman–Crippen LogP) is 3.34. The average Bonchev–Trinajstić information content (AvgIpc) is 2.10. The zero-order chi connectivity index (χ0) is 10.3. The van der Waals surface area contributed by atoms with Gasteiger partial charge in [0.25, 0.3) is 0 Å².